The number of rotatable bonds is 3. The van der Waals surface area contributed by atoms with Gasteiger partial charge in [-0.25, -0.2) is 4.79 Å². The maximum atomic E-state index is 11.8. The van der Waals surface area contributed by atoms with Crippen LogP contribution in [-0.4, -0.2) is 29.3 Å². The average molecular weight is 313 g/mol. The summed E-state index contributed by atoms with van der Waals surface area (Å²) in [5.41, 5.74) is -0.898. The number of hydrogen-bond donors (Lipinski definition) is 1. The van der Waals surface area contributed by atoms with Crippen molar-refractivity contribution in [3.63, 3.8) is 0 Å². The second-order valence-electron chi connectivity index (χ2n) is 8.15. The maximum Gasteiger partial charge on any atom is 0.407 e. The van der Waals surface area contributed by atoms with Gasteiger partial charge in [0.15, 0.2) is 0 Å². The topological polar surface area (TPSA) is 64.6 Å². The molecule has 0 saturated heterocycles. The van der Waals surface area contributed by atoms with Gasteiger partial charge in [0.1, 0.15) is 11.2 Å². The van der Waals surface area contributed by atoms with Gasteiger partial charge in [0.25, 0.3) is 0 Å². The molecule has 5 nitrogen and oxygen atoms in total. The minimum atomic E-state index is -0.474. The van der Waals surface area contributed by atoms with Gasteiger partial charge in [0.05, 0.1) is 0 Å². The summed E-state index contributed by atoms with van der Waals surface area (Å²) in [7, 11) is 0. The highest BCUT2D eigenvalue weighted by atomic mass is 16.6. The van der Waals surface area contributed by atoms with Gasteiger partial charge in [0.2, 0.25) is 0 Å². The molecule has 0 aromatic heterocycles. The van der Waals surface area contributed by atoms with E-state index in [0.717, 1.165) is 25.7 Å². The van der Waals surface area contributed by atoms with E-state index >= 15 is 0 Å². The van der Waals surface area contributed by atoms with Gasteiger partial charge < -0.3 is 14.8 Å². The molecular formula is C17H31NO4. The Bertz CT molecular complexity index is 346. The highest BCUT2D eigenvalue weighted by Crippen LogP contribution is 2.28. The van der Waals surface area contributed by atoms with E-state index in [9.17, 15) is 9.59 Å². The molecule has 22 heavy (non-hydrogen) atoms. The minimum absolute atomic E-state index is 0.129. The lowest BCUT2D eigenvalue weighted by atomic mass is 9.84. The summed E-state index contributed by atoms with van der Waals surface area (Å²) in [4.78, 5) is 23.6. The highest BCUT2D eigenvalue weighted by molar-refractivity contribution is 5.70. The van der Waals surface area contributed by atoms with Crippen LogP contribution < -0.4 is 5.32 Å². The fourth-order valence-electron chi connectivity index (χ4n) is 2.60. The van der Waals surface area contributed by atoms with E-state index in [4.69, 9.17) is 9.47 Å². The van der Waals surface area contributed by atoms with Gasteiger partial charge in [-0.1, -0.05) is 0 Å². The molecule has 1 fully saturated rings. The first kappa shape index (κ1) is 18.8. The SMILES string of the molecule is CC(C)(C)OC(=O)CC1CCC(NC(=O)OC(C)(C)C)CC1. The summed E-state index contributed by atoms with van der Waals surface area (Å²) < 4.78 is 10.6. The fourth-order valence-corrected chi connectivity index (χ4v) is 2.60. The summed E-state index contributed by atoms with van der Waals surface area (Å²) >= 11 is 0. The summed E-state index contributed by atoms with van der Waals surface area (Å²) in [5.74, 6) is 0.225. The van der Waals surface area contributed by atoms with E-state index in [2.05, 4.69) is 5.32 Å². The summed E-state index contributed by atoms with van der Waals surface area (Å²) in [6, 6.07) is 0.143. The van der Waals surface area contributed by atoms with Gasteiger partial charge in [-0.15, -0.1) is 0 Å². The fraction of sp³-hybridized carbons (Fsp3) is 0.882. The van der Waals surface area contributed by atoms with Gasteiger partial charge >= 0.3 is 12.1 Å². The quantitative estimate of drug-likeness (QED) is 0.805. The third-order valence-electron chi connectivity index (χ3n) is 3.44. The van der Waals surface area contributed by atoms with Crippen LogP contribution in [0.5, 0.6) is 0 Å². The summed E-state index contributed by atoms with van der Waals surface area (Å²) in [6.45, 7) is 11.2. The first-order chi connectivity index (χ1) is 9.94. The lowest BCUT2D eigenvalue weighted by Gasteiger charge is -2.30. The van der Waals surface area contributed by atoms with Gasteiger partial charge in [-0.3, -0.25) is 4.79 Å². The Kier molecular flexibility index (Phi) is 6.27. The van der Waals surface area contributed by atoms with Crippen LogP contribution in [0.3, 0.4) is 0 Å². The second-order valence-corrected chi connectivity index (χ2v) is 8.15. The Morgan fingerprint density at radius 3 is 1.86 bits per heavy atom. The molecule has 1 saturated carbocycles. The number of carbonyl (C=O) groups excluding carboxylic acids is 2. The molecule has 0 bridgehead atoms. The number of esters is 1. The van der Waals surface area contributed by atoms with Crippen molar-refractivity contribution in [1.29, 1.82) is 0 Å². The summed E-state index contributed by atoms with van der Waals surface area (Å²) in [5, 5.41) is 2.91. The third kappa shape index (κ3) is 8.25. The maximum absolute atomic E-state index is 11.8. The zero-order valence-corrected chi connectivity index (χ0v) is 14.8. The van der Waals surface area contributed by atoms with Crippen LogP contribution in [0, 0.1) is 5.92 Å². The van der Waals surface area contributed by atoms with E-state index < -0.39 is 11.2 Å². The number of amides is 1. The molecule has 0 radical (unpaired) electrons. The lowest BCUT2D eigenvalue weighted by Crippen LogP contribution is -2.41. The Balaban J connectivity index is 2.29. The normalized spacial score (nSPS) is 22.8. The molecule has 1 aliphatic carbocycles. The predicted molar refractivity (Wildman–Crippen MR) is 85.6 cm³/mol. The first-order valence-corrected chi connectivity index (χ1v) is 8.16. The second kappa shape index (κ2) is 7.34. The predicted octanol–water partition coefficient (Wildman–Crippen LogP) is 3.80. The van der Waals surface area contributed by atoms with Crippen LogP contribution in [-0.2, 0) is 14.3 Å². The van der Waals surface area contributed by atoms with Crippen molar-refractivity contribution in [2.45, 2.75) is 90.9 Å². The minimum Gasteiger partial charge on any atom is -0.460 e. The van der Waals surface area contributed by atoms with E-state index in [1.54, 1.807) is 0 Å². The third-order valence-corrected chi connectivity index (χ3v) is 3.44. The zero-order valence-electron chi connectivity index (χ0n) is 14.8. The van der Waals surface area contributed by atoms with E-state index in [0.29, 0.717) is 12.3 Å². The standard InChI is InChI=1S/C17H31NO4/c1-16(2,3)21-14(19)11-12-7-9-13(10-8-12)18-15(20)22-17(4,5)6/h12-13H,7-11H2,1-6H3,(H,18,20). The Labute approximate surface area is 134 Å². The van der Waals surface area contributed by atoms with Crippen LogP contribution in [0.15, 0.2) is 0 Å². The number of ether oxygens (including phenoxy) is 2. The van der Waals surface area contributed by atoms with Gasteiger partial charge in [0, 0.05) is 12.5 Å². The van der Waals surface area contributed by atoms with Gasteiger partial charge in [-0.2, -0.15) is 0 Å². The molecule has 1 aliphatic rings. The smallest absolute Gasteiger partial charge is 0.407 e. The number of hydrogen-bond acceptors (Lipinski definition) is 4. The molecule has 5 heteroatoms. The molecule has 0 unspecified atom stereocenters. The number of alkyl carbamates (subject to hydrolysis) is 1. The number of carbonyl (C=O) groups is 2. The summed E-state index contributed by atoms with van der Waals surface area (Å²) in [6.07, 6.45) is 3.73. The Hall–Kier alpha value is -1.26. The average Bonchev–Trinajstić information content (AvgIpc) is 2.26. The number of nitrogens with one attached hydrogen (secondary N) is 1. The van der Waals surface area contributed by atoms with Crippen LogP contribution >= 0.6 is 0 Å². The van der Waals surface area contributed by atoms with Crippen molar-refractivity contribution in [1.82, 2.24) is 5.32 Å². The van der Waals surface area contributed by atoms with Crippen LogP contribution in [0.1, 0.15) is 73.6 Å². The van der Waals surface area contributed by atoms with Crippen LogP contribution in [0.25, 0.3) is 0 Å². The van der Waals surface area contributed by atoms with Crippen molar-refractivity contribution in [3.8, 4) is 0 Å². The Morgan fingerprint density at radius 2 is 1.41 bits per heavy atom. The molecular weight excluding hydrogens is 282 g/mol. The molecule has 0 spiro atoms. The molecule has 0 heterocycles. The van der Waals surface area contributed by atoms with Gasteiger partial charge in [-0.05, 0) is 73.1 Å². The molecule has 128 valence electrons. The molecule has 0 aliphatic heterocycles. The lowest BCUT2D eigenvalue weighted by molar-refractivity contribution is -0.156. The van der Waals surface area contributed by atoms with Crippen molar-refractivity contribution >= 4 is 12.1 Å². The largest absolute Gasteiger partial charge is 0.460 e. The monoisotopic (exact) mass is 313 g/mol. The Morgan fingerprint density at radius 1 is 0.909 bits per heavy atom. The van der Waals surface area contributed by atoms with Crippen LogP contribution in [0.2, 0.25) is 0 Å². The molecule has 1 amide bonds. The first-order valence-electron chi connectivity index (χ1n) is 8.16. The molecule has 0 aromatic rings. The molecule has 0 atom stereocenters. The van der Waals surface area contributed by atoms with Crippen molar-refractivity contribution in [3.05, 3.63) is 0 Å². The van der Waals surface area contributed by atoms with Crippen molar-refractivity contribution in [2.24, 2.45) is 5.92 Å². The molecule has 0 aromatic carbocycles. The molecule has 1 rings (SSSR count). The van der Waals surface area contributed by atoms with E-state index in [1.165, 1.54) is 0 Å². The van der Waals surface area contributed by atoms with E-state index in [1.807, 2.05) is 41.5 Å². The van der Waals surface area contributed by atoms with Crippen molar-refractivity contribution < 1.29 is 19.1 Å². The molecule has 1 N–H and O–H groups in total. The van der Waals surface area contributed by atoms with Crippen LogP contribution in [0.4, 0.5) is 4.79 Å². The highest BCUT2D eigenvalue weighted by Gasteiger charge is 2.27. The van der Waals surface area contributed by atoms with Crippen molar-refractivity contribution in [2.75, 3.05) is 0 Å². The van der Waals surface area contributed by atoms with E-state index in [-0.39, 0.29) is 18.1 Å². The zero-order chi connectivity index (χ0) is 17.0.